The number of carbonyl (C=O) groups is 1. The fourth-order valence-corrected chi connectivity index (χ4v) is 4.24. The van der Waals surface area contributed by atoms with Gasteiger partial charge in [0.2, 0.25) is 11.9 Å². The Morgan fingerprint density at radius 2 is 1.65 bits per heavy atom. The van der Waals surface area contributed by atoms with Crippen LogP contribution in [0.1, 0.15) is 38.7 Å². The molecule has 0 spiro atoms. The molecule has 6 nitrogen and oxygen atoms in total. The summed E-state index contributed by atoms with van der Waals surface area (Å²) in [6, 6.07) is 22.7. The molecule has 1 amide bonds. The van der Waals surface area contributed by atoms with Crippen LogP contribution in [0.3, 0.4) is 0 Å². The molecule has 0 bridgehead atoms. The van der Waals surface area contributed by atoms with Crippen LogP contribution >= 0.6 is 0 Å². The van der Waals surface area contributed by atoms with Crippen molar-refractivity contribution in [2.45, 2.75) is 45.6 Å². The van der Waals surface area contributed by atoms with Crippen LogP contribution in [0.2, 0.25) is 0 Å². The molecule has 0 saturated heterocycles. The van der Waals surface area contributed by atoms with E-state index in [1.807, 2.05) is 48.5 Å². The number of anilines is 2. The number of benzene rings is 3. The average molecular weight is 456 g/mol. The highest BCUT2D eigenvalue weighted by atomic mass is 16.1. The van der Waals surface area contributed by atoms with Crippen molar-refractivity contribution in [3.63, 3.8) is 0 Å². The van der Waals surface area contributed by atoms with Gasteiger partial charge >= 0.3 is 0 Å². The van der Waals surface area contributed by atoms with E-state index < -0.39 is 0 Å². The first kappa shape index (κ1) is 23.5. The second-order valence-corrected chi connectivity index (χ2v) is 8.54. The molecule has 4 rings (SSSR count). The summed E-state index contributed by atoms with van der Waals surface area (Å²) in [7, 11) is 0. The first-order valence-electron chi connectivity index (χ1n) is 12.2. The van der Waals surface area contributed by atoms with E-state index in [1.54, 1.807) is 0 Å². The third-order valence-electron chi connectivity index (χ3n) is 6.04. The highest BCUT2D eigenvalue weighted by Crippen LogP contribution is 2.24. The molecule has 3 N–H and O–H groups in total. The predicted molar refractivity (Wildman–Crippen MR) is 141 cm³/mol. The number of para-hydroxylation sites is 1. The third-order valence-corrected chi connectivity index (χ3v) is 6.04. The van der Waals surface area contributed by atoms with Gasteiger partial charge in [-0.05, 0) is 41.3 Å². The van der Waals surface area contributed by atoms with Crippen molar-refractivity contribution in [1.82, 2.24) is 15.3 Å². The maximum atomic E-state index is 12.5. The minimum atomic E-state index is 0.00490. The van der Waals surface area contributed by atoms with Crippen molar-refractivity contribution in [3.05, 3.63) is 72.3 Å². The van der Waals surface area contributed by atoms with E-state index in [9.17, 15) is 4.79 Å². The fourth-order valence-electron chi connectivity index (χ4n) is 4.24. The molecule has 6 heteroatoms. The number of aromatic nitrogens is 2. The van der Waals surface area contributed by atoms with Crippen LogP contribution in [0.4, 0.5) is 11.8 Å². The summed E-state index contributed by atoms with van der Waals surface area (Å²) in [4.78, 5) is 21.9. The molecule has 0 aliphatic heterocycles. The van der Waals surface area contributed by atoms with Gasteiger partial charge in [-0.2, -0.15) is 4.98 Å². The van der Waals surface area contributed by atoms with Gasteiger partial charge in [-0.25, -0.2) is 4.98 Å². The number of hydrogen-bond acceptors (Lipinski definition) is 5. The van der Waals surface area contributed by atoms with Gasteiger partial charge < -0.3 is 16.0 Å². The normalized spacial score (nSPS) is 11.9. The Balaban J connectivity index is 1.36. The minimum absolute atomic E-state index is 0.00490. The molecule has 1 atom stereocenters. The zero-order chi connectivity index (χ0) is 23.8. The number of rotatable bonds is 11. The van der Waals surface area contributed by atoms with Crippen molar-refractivity contribution in [2.24, 2.45) is 0 Å². The van der Waals surface area contributed by atoms with Gasteiger partial charge in [-0.3, -0.25) is 4.79 Å². The summed E-state index contributed by atoms with van der Waals surface area (Å²) in [5.41, 5.74) is 1.93. The number of fused-ring (bicyclic) bond motifs is 2. The van der Waals surface area contributed by atoms with Crippen LogP contribution in [0.5, 0.6) is 0 Å². The Hall–Kier alpha value is -3.67. The number of nitrogens with zero attached hydrogens (tertiary/aromatic N) is 2. The number of amides is 1. The van der Waals surface area contributed by atoms with E-state index in [2.05, 4.69) is 53.0 Å². The second kappa shape index (κ2) is 11.5. The molecule has 4 aromatic rings. The van der Waals surface area contributed by atoms with E-state index in [0.29, 0.717) is 31.5 Å². The molecule has 1 aromatic heterocycles. The highest BCUT2D eigenvalue weighted by molar-refractivity contribution is 5.91. The van der Waals surface area contributed by atoms with Crippen molar-refractivity contribution < 1.29 is 4.79 Å². The molecule has 1 unspecified atom stereocenters. The zero-order valence-electron chi connectivity index (χ0n) is 20.0. The first-order valence-corrected chi connectivity index (χ1v) is 12.2. The Morgan fingerprint density at radius 1 is 0.882 bits per heavy atom. The Bertz CT molecular complexity index is 1250. The van der Waals surface area contributed by atoms with Gasteiger partial charge in [-0.15, -0.1) is 0 Å². The van der Waals surface area contributed by atoms with E-state index in [-0.39, 0.29) is 5.91 Å². The van der Waals surface area contributed by atoms with Crippen LogP contribution in [0, 0.1) is 0 Å². The SMILES string of the molecule is CCCC(CC)Nc1nc(NCCNC(=O)Cc2cccc3ccccc23)nc2ccccc12. The zero-order valence-corrected chi connectivity index (χ0v) is 20.0. The molecule has 0 saturated carbocycles. The summed E-state index contributed by atoms with van der Waals surface area (Å²) in [6.45, 7) is 5.43. The fraction of sp³-hybridized carbons (Fsp3) is 0.321. The van der Waals surface area contributed by atoms with Crippen molar-refractivity contribution in [2.75, 3.05) is 23.7 Å². The van der Waals surface area contributed by atoms with Crippen LogP contribution in [-0.4, -0.2) is 35.0 Å². The summed E-state index contributed by atoms with van der Waals surface area (Å²) < 4.78 is 0. The number of nitrogens with one attached hydrogen (secondary N) is 3. The lowest BCUT2D eigenvalue weighted by molar-refractivity contribution is -0.120. The minimum Gasteiger partial charge on any atom is -0.367 e. The molecular formula is C28H33N5O. The van der Waals surface area contributed by atoms with Crippen LogP contribution in [0.15, 0.2) is 66.7 Å². The van der Waals surface area contributed by atoms with Gasteiger partial charge in [0.25, 0.3) is 0 Å². The van der Waals surface area contributed by atoms with Gasteiger partial charge in [0.15, 0.2) is 0 Å². The maximum Gasteiger partial charge on any atom is 0.225 e. The maximum absolute atomic E-state index is 12.5. The lowest BCUT2D eigenvalue weighted by atomic mass is 10.0. The Labute approximate surface area is 201 Å². The molecule has 1 heterocycles. The summed E-state index contributed by atoms with van der Waals surface area (Å²) in [6.07, 6.45) is 3.62. The van der Waals surface area contributed by atoms with Crippen LogP contribution in [-0.2, 0) is 11.2 Å². The highest BCUT2D eigenvalue weighted by Gasteiger charge is 2.12. The van der Waals surface area contributed by atoms with Gasteiger partial charge in [0.05, 0.1) is 11.9 Å². The van der Waals surface area contributed by atoms with Gasteiger partial charge in [-0.1, -0.05) is 74.9 Å². The lowest BCUT2D eigenvalue weighted by Crippen LogP contribution is -2.30. The summed E-state index contributed by atoms with van der Waals surface area (Å²) in [5, 5.41) is 13.2. The summed E-state index contributed by atoms with van der Waals surface area (Å²) in [5.74, 6) is 1.43. The summed E-state index contributed by atoms with van der Waals surface area (Å²) >= 11 is 0. The molecule has 3 aromatic carbocycles. The lowest BCUT2D eigenvalue weighted by Gasteiger charge is -2.19. The van der Waals surface area contributed by atoms with Gasteiger partial charge in [0.1, 0.15) is 5.82 Å². The molecule has 0 radical (unpaired) electrons. The first-order chi connectivity index (χ1) is 16.7. The molecule has 0 fully saturated rings. The van der Waals surface area contributed by atoms with Crippen molar-refractivity contribution in [3.8, 4) is 0 Å². The Kier molecular flexibility index (Phi) is 7.91. The van der Waals surface area contributed by atoms with E-state index in [0.717, 1.165) is 52.3 Å². The Morgan fingerprint density at radius 3 is 2.47 bits per heavy atom. The largest absolute Gasteiger partial charge is 0.367 e. The topological polar surface area (TPSA) is 78.9 Å². The third kappa shape index (κ3) is 5.81. The molecule has 176 valence electrons. The monoisotopic (exact) mass is 455 g/mol. The molecular weight excluding hydrogens is 422 g/mol. The van der Waals surface area contributed by atoms with Crippen molar-refractivity contribution in [1.29, 1.82) is 0 Å². The molecule has 0 aliphatic rings. The van der Waals surface area contributed by atoms with Crippen molar-refractivity contribution >= 4 is 39.3 Å². The van der Waals surface area contributed by atoms with E-state index >= 15 is 0 Å². The van der Waals surface area contributed by atoms with Gasteiger partial charge in [0, 0.05) is 24.5 Å². The van der Waals surface area contributed by atoms with Crippen LogP contribution < -0.4 is 16.0 Å². The quantitative estimate of drug-likeness (QED) is 0.259. The molecule has 34 heavy (non-hydrogen) atoms. The van der Waals surface area contributed by atoms with E-state index in [1.165, 1.54) is 0 Å². The standard InChI is InChI=1S/C28H33N5O/c1-3-10-22(4-2)31-27-24-15-7-8-16-25(24)32-28(33-27)30-18-17-29-26(34)19-21-13-9-12-20-11-5-6-14-23(20)21/h5-9,11-16,22H,3-4,10,17-19H2,1-2H3,(H,29,34)(H2,30,31,32,33). The van der Waals surface area contributed by atoms with E-state index in [4.69, 9.17) is 4.98 Å². The second-order valence-electron chi connectivity index (χ2n) is 8.54. The molecule has 0 aliphatic carbocycles. The van der Waals surface area contributed by atoms with Crippen LogP contribution in [0.25, 0.3) is 21.7 Å². The number of hydrogen-bond donors (Lipinski definition) is 3. The smallest absolute Gasteiger partial charge is 0.225 e. The average Bonchev–Trinajstić information content (AvgIpc) is 2.86. The predicted octanol–water partition coefficient (Wildman–Crippen LogP) is 5.54. The number of carbonyl (C=O) groups excluding carboxylic acids is 1.